The third-order valence-corrected chi connectivity index (χ3v) is 3.77. The first-order chi connectivity index (χ1) is 10.1. The van der Waals surface area contributed by atoms with Gasteiger partial charge in [0.05, 0.1) is 16.6 Å². The molecule has 0 unspecified atom stereocenters. The Morgan fingerprint density at radius 3 is 2.76 bits per heavy atom. The van der Waals surface area contributed by atoms with Crippen molar-refractivity contribution in [2.24, 2.45) is 5.73 Å². The van der Waals surface area contributed by atoms with E-state index >= 15 is 0 Å². The number of primary amides is 1. The molecule has 0 saturated heterocycles. The quantitative estimate of drug-likeness (QED) is 0.847. The summed E-state index contributed by atoms with van der Waals surface area (Å²) in [5.74, 6) is 0.0423. The number of benzene rings is 1. The first-order valence-electron chi connectivity index (χ1n) is 7.08. The fraction of sp³-hybridized carbons (Fsp3) is 0.400. The summed E-state index contributed by atoms with van der Waals surface area (Å²) in [6, 6.07) is 5.13. The van der Waals surface area contributed by atoms with Crippen LogP contribution in [0.4, 0.5) is 0 Å². The molecule has 110 valence electrons. The molecule has 3 rings (SSSR count). The van der Waals surface area contributed by atoms with Crippen LogP contribution in [-0.4, -0.2) is 26.5 Å². The van der Waals surface area contributed by atoms with Gasteiger partial charge >= 0.3 is 5.97 Å². The number of carbonyl (C=O) groups is 2. The molecular weight excluding hydrogens is 270 g/mol. The summed E-state index contributed by atoms with van der Waals surface area (Å²) in [6.07, 6.45) is 3.05. The molecule has 6 nitrogen and oxygen atoms in total. The minimum absolute atomic E-state index is 0.256. The Hall–Kier alpha value is -2.37. The molecule has 1 aromatic heterocycles. The van der Waals surface area contributed by atoms with E-state index < -0.39 is 5.97 Å². The van der Waals surface area contributed by atoms with E-state index in [-0.39, 0.29) is 11.5 Å². The number of aryl methyl sites for hydroxylation is 1. The highest BCUT2D eigenvalue weighted by Gasteiger charge is 2.30. The van der Waals surface area contributed by atoms with E-state index in [1.54, 1.807) is 12.1 Å². The molecule has 3 N–H and O–H groups in total. The summed E-state index contributed by atoms with van der Waals surface area (Å²) in [6.45, 7) is 0.565. The minimum atomic E-state index is -0.959. The minimum Gasteiger partial charge on any atom is -0.478 e. The number of carboxylic acids is 1. The summed E-state index contributed by atoms with van der Waals surface area (Å²) in [7, 11) is 0. The molecule has 1 fully saturated rings. The van der Waals surface area contributed by atoms with Gasteiger partial charge in [0, 0.05) is 18.9 Å². The number of imidazole rings is 1. The Bertz CT molecular complexity index is 716. The van der Waals surface area contributed by atoms with E-state index in [0.29, 0.717) is 36.3 Å². The number of nitrogens with zero attached hydrogens (tertiary/aromatic N) is 2. The van der Waals surface area contributed by atoms with E-state index in [1.807, 2.05) is 10.6 Å². The van der Waals surface area contributed by atoms with E-state index in [2.05, 4.69) is 4.98 Å². The molecule has 0 bridgehead atoms. The Balaban J connectivity index is 2.06. The van der Waals surface area contributed by atoms with Gasteiger partial charge in [-0.05, 0) is 31.4 Å². The number of amides is 1. The van der Waals surface area contributed by atoms with E-state index in [0.717, 1.165) is 18.7 Å². The predicted octanol–water partition coefficient (Wildman–Crippen LogP) is 1.88. The maximum atomic E-state index is 11.4. The van der Waals surface area contributed by atoms with Crippen LogP contribution in [-0.2, 0) is 11.3 Å². The van der Waals surface area contributed by atoms with Crippen LogP contribution in [0.25, 0.3) is 11.0 Å². The molecule has 1 aromatic carbocycles. The lowest BCUT2D eigenvalue weighted by molar-refractivity contribution is -0.118. The molecule has 1 aliphatic rings. The number of rotatable bonds is 6. The summed E-state index contributed by atoms with van der Waals surface area (Å²) in [4.78, 5) is 26.9. The number of fused-ring (bicyclic) bond motifs is 1. The number of aromatic nitrogens is 2. The molecule has 21 heavy (non-hydrogen) atoms. The summed E-state index contributed by atoms with van der Waals surface area (Å²) < 4.78 is 1.96. The maximum absolute atomic E-state index is 11.4. The van der Waals surface area contributed by atoms with Crippen LogP contribution in [0.5, 0.6) is 0 Å². The monoisotopic (exact) mass is 287 g/mol. The SMILES string of the molecule is NC(=O)CCCn1c(C2CC2)nc2cccc(C(=O)O)c21. The van der Waals surface area contributed by atoms with Gasteiger partial charge in [-0.15, -0.1) is 0 Å². The average molecular weight is 287 g/mol. The Morgan fingerprint density at radius 2 is 2.14 bits per heavy atom. The van der Waals surface area contributed by atoms with Crippen LogP contribution in [0.1, 0.15) is 47.8 Å². The predicted molar refractivity (Wildman–Crippen MR) is 77.1 cm³/mol. The summed E-state index contributed by atoms with van der Waals surface area (Å²) in [5.41, 5.74) is 6.78. The average Bonchev–Trinajstić information content (AvgIpc) is 3.21. The van der Waals surface area contributed by atoms with Crippen LogP contribution in [0, 0.1) is 0 Å². The second kappa shape index (κ2) is 5.20. The zero-order valence-corrected chi connectivity index (χ0v) is 11.6. The highest BCUT2D eigenvalue weighted by Crippen LogP contribution is 2.41. The zero-order valence-electron chi connectivity index (χ0n) is 11.6. The second-order valence-electron chi connectivity index (χ2n) is 5.44. The van der Waals surface area contributed by atoms with Crippen LogP contribution in [0.3, 0.4) is 0 Å². The standard InChI is InChI=1S/C15H17N3O3/c16-12(19)5-2-8-18-13-10(15(20)21)3-1-4-11(13)17-14(18)9-6-7-9/h1,3-4,9H,2,5-8H2,(H2,16,19)(H,20,21). The van der Waals surface area contributed by atoms with Crippen molar-refractivity contribution in [1.82, 2.24) is 9.55 Å². The maximum Gasteiger partial charge on any atom is 0.337 e. The number of hydrogen-bond acceptors (Lipinski definition) is 3. The molecule has 1 aliphatic carbocycles. The van der Waals surface area contributed by atoms with Crippen molar-refractivity contribution in [3.8, 4) is 0 Å². The van der Waals surface area contributed by atoms with E-state index in [4.69, 9.17) is 5.73 Å². The van der Waals surface area contributed by atoms with Crippen molar-refractivity contribution in [2.75, 3.05) is 0 Å². The van der Waals surface area contributed by atoms with Gasteiger partial charge in [-0.25, -0.2) is 9.78 Å². The number of carbonyl (C=O) groups excluding carboxylic acids is 1. The normalized spacial score (nSPS) is 14.5. The van der Waals surface area contributed by atoms with Crippen molar-refractivity contribution in [1.29, 1.82) is 0 Å². The lowest BCUT2D eigenvalue weighted by atomic mass is 10.2. The van der Waals surface area contributed by atoms with Gasteiger partial charge in [0.15, 0.2) is 0 Å². The number of hydrogen-bond donors (Lipinski definition) is 2. The molecule has 0 atom stereocenters. The van der Waals surface area contributed by atoms with Crippen LogP contribution in [0.15, 0.2) is 18.2 Å². The van der Waals surface area contributed by atoms with Gasteiger partial charge in [-0.2, -0.15) is 0 Å². The van der Waals surface area contributed by atoms with Gasteiger partial charge in [0.1, 0.15) is 5.82 Å². The van der Waals surface area contributed by atoms with Gasteiger partial charge in [0.2, 0.25) is 5.91 Å². The Morgan fingerprint density at radius 1 is 1.38 bits per heavy atom. The topological polar surface area (TPSA) is 98.2 Å². The molecule has 1 saturated carbocycles. The third kappa shape index (κ3) is 2.61. The van der Waals surface area contributed by atoms with Crippen molar-refractivity contribution in [3.63, 3.8) is 0 Å². The van der Waals surface area contributed by atoms with Crippen molar-refractivity contribution in [2.45, 2.75) is 38.1 Å². The first-order valence-corrected chi connectivity index (χ1v) is 7.08. The number of carboxylic acid groups (broad SMARTS) is 1. The molecule has 1 amide bonds. The van der Waals surface area contributed by atoms with Crippen molar-refractivity contribution >= 4 is 22.9 Å². The van der Waals surface area contributed by atoms with Crippen molar-refractivity contribution < 1.29 is 14.7 Å². The molecular formula is C15H17N3O3. The Kier molecular flexibility index (Phi) is 3.37. The second-order valence-corrected chi connectivity index (χ2v) is 5.44. The summed E-state index contributed by atoms with van der Waals surface area (Å²) in [5, 5.41) is 9.37. The number of para-hydroxylation sites is 1. The molecule has 2 aromatic rings. The third-order valence-electron chi connectivity index (χ3n) is 3.77. The fourth-order valence-corrected chi connectivity index (χ4v) is 2.67. The van der Waals surface area contributed by atoms with Gasteiger partial charge in [-0.3, -0.25) is 4.79 Å². The molecule has 1 heterocycles. The summed E-state index contributed by atoms with van der Waals surface area (Å²) >= 11 is 0. The fourth-order valence-electron chi connectivity index (χ4n) is 2.67. The molecule has 0 spiro atoms. The zero-order chi connectivity index (χ0) is 15.0. The van der Waals surface area contributed by atoms with Gasteiger partial charge in [0.25, 0.3) is 0 Å². The highest BCUT2D eigenvalue weighted by molar-refractivity contribution is 6.01. The number of nitrogens with two attached hydrogens (primary N) is 1. The highest BCUT2D eigenvalue weighted by atomic mass is 16.4. The number of aromatic carboxylic acids is 1. The van der Waals surface area contributed by atoms with E-state index in [9.17, 15) is 14.7 Å². The van der Waals surface area contributed by atoms with Gasteiger partial charge in [-0.1, -0.05) is 6.07 Å². The molecule has 0 aliphatic heterocycles. The van der Waals surface area contributed by atoms with Crippen LogP contribution >= 0.6 is 0 Å². The smallest absolute Gasteiger partial charge is 0.337 e. The molecule has 0 radical (unpaired) electrons. The van der Waals surface area contributed by atoms with Crippen LogP contribution in [0.2, 0.25) is 0 Å². The largest absolute Gasteiger partial charge is 0.478 e. The molecule has 6 heteroatoms. The lowest BCUT2D eigenvalue weighted by Gasteiger charge is -2.09. The first kappa shape index (κ1) is 13.6. The van der Waals surface area contributed by atoms with Crippen LogP contribution < -0.4 is 5.73 Å². The Labute approximate surface area is 121 Å². The van der Waals surface area contributed by atoms with E-state index in [1.165, 1.54) is 0 Å². The lowest BCUT2D eigenvalue weighted by Crippen LogP contribution is -2.13. The van der Waals surface area contributed by atoms with Crippen molar-refractivity contribution in [3.05, 3.63) is 29.6 Å². The van der Waals surface area contributed by atoms with Gasteiger partial charge < -0.3 is 15.4 Å².